The molecule has 0 radical (unpaired) electrons. The van der Waals surface area contributed by atoms with Crippen LogP contribution in [0.3, 0.4) is 0 Å². The van der Waals surface area contributed by atoms with Gasteiger partial charge in [0.15, 0.2) is 0 Å². The van der Waals surface area contributed by atoms with E-state index in [1.165, 1.54) is 18.3 Å². The van der Waals surface area contributed by atoms with Crippen molar-refractivity contribution in [3.05, 3.63) is 52.5 Å². The topological polar surface area (TPSA) is 68.0 Å². The number of aromatic nitrogens is 1. The van der Waals surface area contributed by atoms with Crippen molar-refractivity contribution in [3.8, 4) is 0 Å². The summed E-state index contributed by atoms with van der Waals surface area (Å²) in [6, 6.07) is 6.03. The molecule has 0 spiro atoms. The summed E-state index contributed by atoms with van der Waals surface area (Å²) in [4.78, 5) is 15.5. The normalized spacial score (nSPS) is 10.1. The Kier molecular flexibility index (Phi) is 3.57. The third kappa shape index (κ3) is 3.04. The van der Waals surface area contributed by atoms with Crippen LogP contribution in [0.25, 0.3) is 0 Å². The lowest BCUT2D eigenvalue weighted by atomic mass is 10.2. The second-order valence-corrected chi connectivity index (χ2v) is 4.53. The van der Waals surface area contributed by atoms with Crippen LogP contribution < -0.4 is 11.1 Å². The first-order valence-corrected chi connectivity index (χ1v) is 5.82. The number of benzene rings is 1. The van der Waals surface area contributed by atoms with Gasteiger partial charge < -0.3 is 11.1 Å². The molecule has 0 aliphatic carbocycles. The molecule has 92 valence electrons. The summed E-state index contributed by atoms with van der Waals surface area (Å²) in [5.41, 5.74) is 6.77. The number of hydrogen-bond donors (Lipinski definition) is 2. The van der Waals surface area contributed by atoms with Crippen LogP contribution in [0.1, 0.15) is 10.4 Å². The summed E-state index contributed by atoms with van der Waals surface area (Å²) in [7, 11) is 0. The fourth-order valence-electron chi connectivity index (χ4n) is 1.43. The van der Waals surface area contributed by atoms with Gasteiger partial charge in [-0.2, -0.15) is 0 Å². The molecule has 1 amide bonds. The van der Waals surface area contributed by atoms with Crippen molar-refractivity contribution in [2.24, 2.45) is 0 Å². The fourth-order valence-corrected chi connectivity index (χ4v) is 1.94. The van der Waals surface area contributed by atoms with Gasteiger partial charge >= 0.3 is 0 Å². The predicted octanol–water partition coefficient (Wildman–Crippen LogP) is 2.82. The average Bonchev–Trinajstić information content (AvgIpc) is 2.27. The van der Waals surface area contributed by atoms with Gasteiger partial charge in [0, 0.05) is 21.8 Å². The van der Waals surface area contributed by atoms with Crippen LogP contribution in [0.15, 0.2) is 41.1 Å². The Balaban J connectivity index is 2.22. The van der Waals surface area contributed by atoms with Gasteiger partial charge in [0.1, 0.15) is 5.82 Å². The standard InChI is InChI=1S/C12H9BrFN3O/c13-8-1-7(2-10(15)3-8)12(18)17-11-4-9(14)5-16-6-11/h1-6H,15H2,(H,17,18). The van der Waals surface area contributed by atoms with E-state index in [9.17, 15) is 9.18 Å². The fraction of sp³-hybridized carbons (Fsp3) is 0. The maximum Gasteiger partial charge on any atom is 0.255 e. The summed E-state index contributed by atoms with van der Waals surface area (Å²) in [5.74, 6) is -0.892. The Morgan fingerprint density at radius 1 is 1.28 bits per heavy atom. The molecule has 0 aliphatic rings. The van der Waals surface area contributed by atoms with Crippen molar-refractivity contribution in [1.29, 1.82) is 0 Å². The zero-order valence-corrected chi connectivity index (χ0v) is 10.7. The number of nitrogens with one attached hydrogen (secondary N) is 1. The number of amides is 1. The van der Waals surface area contributed by atoms with E-state index in [-0.39, 0.29) is 5.91 Å². The molecule has 0 saturated heterocycles. The molecule has 1 heterocycles. The second kappa shape index (κ2) is 5.14. The predicted molar refractivity (Wildman–Crippen MR) is 70.7 cm³/mol. The maximum absolute atomic E-state index is 12.9. The number of nitrogens with zero attached hydrogens (tertiary/aromatic N) is 1. The Labute approximate surface area is 111 Å². The number of nitrogens with two attached hydrogens (primary N) is 1. The molecule has 0 bridgehead atoms. The minimum absolute atomic E-state index is 0.290. The lowest BCUT2D eigenvalue weighted by Gasteiger charge is -2.06. The van der Waals surface area contributed by atoms with E-state index < -0.39 is 5.82 Å². The third-order valence-corrected chi connectivity index (χ3v) is 2.60. The molecule has 2 aromatic rings. The Morgan fingerprint density at radius 3 is 2.72 bits per heavy atom. The largest absolute Gasteiger partial charge is 0.399 e. The minimum atomic E-state index is -0.512. The van der Waals surface area contributed by atoms with Gasteiger partial charge in [-0.25, -0.2) is 4.39 Å². The van der Waals surface area contributed by atoms with E-state index >= 15 is 0 Å². The highest BCUT2D eigenvalue weighted by atomic mass is 79.9. The van der Waals surface area contributed by atoms with Crippen LogP contribution in [0, 0.1) is 5.82 Å². The van der Waals surface area contributed by atoms with E-state index in [2.05, 4.69) is 26.2 Å². The molecule has 1 aromatic heterocycles. The van der Waals surface area contributed by atoms with Crippen LogP contribution >= 0.6 is 15.9 Å². The molecule has 0 saturated carbocycles. The number of rotatable bonds is 2. The van der Waals surface area contributed by atoms with E-state index in [0.29, 0.717) is 21.4 Å². The summed E-state index contributed by atoms with van der Waals surface area (Å²) < 4.78 is 13.6. The highest BCUT2D eigenvalue weighted by Gasteiger charge is 2.08. The number of carbonyl (C=O) groups excluding carboxylic acids is 1. The first kappa shape index (κ1) is 12.5. The van der Waals surface area contributed by atoms with Crippen molar-refractivity contribution in [1.82, 2.24) is 4.98 Å². The van der Waals surface area contributed by atoms with E-state index in [4.69, 9.17) is 5.73 Å². The SMILES string of the molecule is Nc1cc(Br)cc(C(=O)Nc2cncc(F)c2)c1. The van der Waals surface area contributed by atoms with Gasteiger partial charge in [0.2, 0.25) is 0 Å². The van der Waals surface area contributed by atoms with Gasteiger partial charge in [-0.05, 0) is 18.2 Å². The molecule has 0 unspecified atom stereocenters. The van der Waals surface area contributed by atoms with Crippen LogP contribution in [0.4, 0.5) is 15.8 Å². The molecule has 1 aromatic carbocycles. The molecule has 6 heteroatoms. The van der Waals surface area contributed by atoms with Gasteiger partial charge in [-0.1, -0.05) is 15.9 Å². The number of halogens is 2. The Hall–Kier alpha value is -1.95. The summed E-state index contributed by atoms with van der Waals surface area (Å²) in [6.45, 7) is 0. The number of hydrogen-bond acceptors (Lipinski definition) is 3. The Bertz CT molecular complexity index is 583. The molecule has 4 nitrogen and oxygen atoms in total. The lowest BCUT2D eigenvalue weighted by Crippen LogP contribution is -2.12. The van der Waals surface area contributed by atoms with Gasteiger partial charge in [-0.3, -0.25) is 9.78 Å². The van der Waals surface area contributed by atoms with Crippen molar-refractivity contribution in [3.63, 3.8) is 0 Å². The van der Waals surface area contributed by atoms with Crippen LogP contribution in [0.5, 0.6) is 0 Å². The number of anilines is 2. The highest BCUT2D eigenvalue weighted by molar-refractivity contribution is 9.10. The van der Waals surface area contributed by atoms with Crippen molar-refractivity contribution < 1.29 is 9.18 Å². The zero-order chi connectivity index (χ0) is 13.1. The summed E-state index contributed by atoms with van der Waals surface area (Å²) >= 11 is 3.25. The molecule has 0 aliphatic heterocycles. The van der Waals surface area contributed by atoms with E-state index in [1.807, 2.05) is 0 Å². The van der Waals surface area contributed by atoms with Crippen molar-refractivity contribution >= 4 is 33.2 Å². The Morgan fingerprint density at radius 2 is 2.06 bits per heavy atom. The van der Waals surface area contributed by atoms with Crippen molar-refractivity contribution in [2.75, 3.05) is 11.1 Å². The molecular formula is C12H9BrFN3O. The summed E-state index contributed by atoms with van der Waals surface area (Å²) in [5, 5.41) is 2.54. The first-order chi connectivity index (χ1) is 8.54. The zero-order valence-electron chi connectivity index (χ0n) is 9.15. The molecule has 2 rings (SSSR count). The minimum Gasteiger partial charge on any atom is -0.399 e. The number of pyridine rings is 1. The number of carbonyl (C=O) groups is 1. The van der Waals surface area contributed by atoms with Gasteiger partial charge in [0.25, 0.3) is 5.91 Å². The lowest BCUT2D eigenvalue weighted by molar-refractivity contribution is 0.102. The smallest absolute Gasteiger partial charge is 0.255 e. The summed E-state index contributed by atoms with van der Waals surface area (Å²) in [6.07, 6.45) is 2.43. The van der Waals surface area contributed by atoms with E-state index in [1.54, 1.807) is 12.1 Å². The monoisotopic (exact) mass is 309 g/mol. The molecule has 0 fully saturated rings. The third-order valence-electron chi connectivity index (χ3n) is 2.15. The highest BCUT2D eigenvalue weighted by Crippen LogP contribution is 2.18. The maximum atomic E-state index is 12.9. The van der Waals surface area contributed by atoms with Crippen LogP contribution in [-0.2, 0) is 0 Å². The van der Waals surface area contributed by atoms with Crippen molar-refractivity contribution in [2.45, 2.75) is 0 Å². The van der Waals surface area contributed by atoms with Crippen LogP contribution in [-0.4, -0.2) is 10.9 Å². The molecule has 3 N–H and O–H groups in total. The van der Waals surface area contributed by atoms with E-state index in [0.717, 1.165) is 6.20 Å². The molecule has 0 atom stereocenters. The number of nitrogen functional groups attached to an aromatic ring is 1. The average molecular weight is 310 g/mol. The molecule has 18 heavy (non-hydrogen) atoms. The van der Waals surface area contributed by atoms with Crippen LogP contribution in [0.2, 0.25) is 0 Å². The first-order valence-electron chi connectivity index (χ1n) is 5.02. The molecular weight excluding hydrogens is 301 g/mol. The van der Waals surface area contributed by atoms with Gasteiger partial charge in [0.05, 0.1) is 18.1 Å². The van der Waals surface area contributed by atoms with Gasteiger partial charge in [-0.15, -0.1) is 0 Å². The quantitative estimate of drug-likeness (QED) is 0.838. The second-order valence-electron chi connectivity index (χ2n) is 3.62.